The van der Waals surface area contributed by atoms with Crippen molar-refractivity contribution in [2.45, 2.75) is 12.3 Å². The Labute approximate surface area is 169 Å². The first-order valence-electron chi connectivity index (χ1n) is 9.37. The molecule has 0 amide bonds. The fraction of sp³-hybridized carbons (Fsp3) is 0.167. The molecule has 0 fully saturated rings. The maximum absolute atomic E-state index is 11.6. The van der Waals surface area contributed by atoms with Crippen molar-refractivity contribution < 1.29 is 14.4 Å². The summed E-state index contributed by atoms with van der Waals surface area (Å²) in [5.41, 5.74) is 5.03. The molecule has 3 aromatic carbocycles. The van der Waals surface area contributed by atoms with Crippen molar-refractivity contribution in [1.82, 2.24) is 0 Å². The summed E-state index contributed by atoms with van der Waals surface area (Å²) in [7, 11) is 3.28. The molecule has 0 heterocycles. The minimum absolute atomic E-state index is 0.0869. The molecule has 4 rings (SSSR count). The van der Waals surface area contributed by atoms with Crippen LogP contribution in [0.25, 0.3) is 11.6 Å². The van der Waals surface area contributed by atoms with Crippen molar-refractivity contribution in [3.8, 4) is 11.5 Å². The first-order valence-corrected chi connectivity index (χ1v) is 9.37. The van der Waals surface area contributed by atoms with Crippen molar-refractivity contribution in [2.75, 3.05) is 14.2 Å². The van der Waals surface area contributed by atoms with Crippen LogP contribution < -0.4 is 9.47 Å². The quantitative estimate of drug-likeness (QED) is 0.429. The van der Waals surface area contributed by atoms with E-state index < -0.39 is 0 Å². The molecular weight excluding hydrogens is 366 g/mol. The Bertz CT molecular complexity index is 1070. The second-order valence-electron chi connectivity index (χ2n) is 6.97. The van der Waals surface area contributed by atoms with E-state index in [-0.39, 0.29) is 16.5 Å². The molecule has 29 heavy (non-hydrogen) atoms. The molecular formula is C24H21NO4. The van der Waals surface area contributed by atoms with Crippen molar-refractivity contribution >= 4 is 17.3 Å². The molecule has 0 radical (unpaired) electrons. The molecule has 1 aliphatic carbocycles. The van der Waals surface area contributed by atoms with Gasteiger partial charge in [0.1, 0.15) is 11.5 Å². The highest BCUT2D eigenvalue weighted by Gasteiger charge is 2.28. The average molecular weight is 387 g/mol. The topological polar surface area (TPSA) is 61.6 Å². The standard InChI is InChI=1S/C24H21NO4/c1-28-19-10-6-16(7-11-19)21-14-18-4-3-5-24(25(26)27)23(18)15-22(21)17-8-12-20(29-2)13-9-17/h3-13,15,21H,14H2,1-2H3. The number of nitrogens with zero attached hydrogens (tertiary/aromatic N) is 1. The summed E-state index contributed by atoms with van der Waals surface area (Å²) in [4.78, 5) is 11.3. The molecule has 3 aromatic rings. The van der Waals surface area contributed by atoms with Gasteiger partial charge in [-0.15, -0.1) is 0 Å². The van der Waals surface area contributed by atoms with Crippen LogP contribution in [0.15, 0.2) is 66.7 Å². The normalized spacial score (nSPS) is 15.2. The van der Waals surface area contributed by atoms with Gasteiger partial charge in [-0.05, 0) is 59.0 Å². The van der Waals surface area contributed by atoms with Gasteiger partial charge in [0.2, 0.25) is 0 Å². The van der Waals surface area contributed by atoms with Gasteiger partial charge in [-0.1, -0.05) is 36.4 Å². The summed E-state index contributed by atoms with van der Waals surface area (Å²) >= 11 is 0. The van der Waals surface area contributed by atoms with Gasteiger partial charge >= 0.3 is 0 Å². The first-order chi connectivity index (χ1) is 14.1. The van der Waals surface area contributed by atoms with Gasteiger partial charge < -0.3 is 9.47 Å². The molecule has 146 valence electrons. The summed E-state index contributed by atoms with van der Waals surface area (Å²) in [6, 6.07) is 21.1. The number of methoxy groups -OCH3 is 2. The van der Waals surface area contributed by atoms with Crippen LogP contribution in [0, 0.1) is 10.1 Å². The number of allylic oxidation sites excluding steroid dienone is 1. The summed E-state index contributed by atoms with van der Waals surface area (Å²) in [5, 5.41) is 11.6. The van der Waals surface area contributed by atoms with Crippen LogP contribution in [0.2, 0.25) is 0 Å². The monoisotopic (exact) mass is 387 g/mol. The Hall–Kier alpha value is -3.60. The van der Waals surface area contributed by atoms with Crippen LogP contribution in [0.3, 0.4) is 0 Å². The van der Waals surface area contributed by atoms with Crippen LogP contribution in [-0.4, -0.2) is 19.1 Å². The maximum Gasteiger partial charge on any atom is 0.276 e. The molecule has 0 aliphatic heterocycles. The molecule has 0 saturated heterocycles. The van der Waals surface area contributed by atoms with Gasteiger partial charge in [-0.25, -0.2) is 0 Å². The Morgan fingerprint density at radius 3 is 2.10 bits per heavy atom. The van der Waals surface area contributed by atoms with Gasteiger partial charge in [0, 0.05) is 12.0 Å². The lowest BCUT2D eigenvalue weighted by molar-refractivity contribution is -0.385. The minimum Gasteiger partial charge on any atom is -0.497 e. The predicted molar refractivity (Wildman–Crippen MR) is 113 cm³/mol. The summed E-state index contributed by atoms with van der Waals surface area (Å²) in [6.07, 6.45) is 2.66. The lowest BCUT2D eigenvalue weighted by atomic mass is 9.76. The van der Waals surface area contributed by atoms with Crippen LogP contribution in [0.4, 0.5) is 5.69 Å². The number of hydrogen-bond donors (Lipinski definition) is 0. The Kier molecular flexibility index (Phi) is 5.04. The van der Waals surface area contributed by atoms with Gasteiger partial charge in [-0.3, -0.25) is 10.1 Å². The second-order valence-corrected chi connectivity index (χ2v) is 6.97. The molecule has 0 spiro atoms. The highest BCUT2D eigenvalue weighted by Crippen LogP contribution is 2.43. The van der Waals surface area contributed by atoms with Gasteiger partial charge in [-0.2, -0.15) is 0 Å². The average Bonchev–Trinajstić information content (AvgIpc) is 2.77. The summed E-state index contributed by atoms with van der Waals surface area (Å²) in [6.45, 7) is 0. The Balaban J connectivity index is 1.86. The van der Waals surface area contributed by atoms with Gasteiger partial charge in [0.25, 0.3) is 5.69 Å². The predicted octanol–water partition coefficient (Wildman–Crippen LogP) is 5.49. The zero-order valence-electron chi connectivity index (χ0n) is 16.3. The van der Waals surface area contributed by atoms with Crippen LogP contribution in [-0.2, 0) is 6.42 Å². The van der Waals surface area contributed by atoms with E-state index >= 15 is 0 Å². The highest BCUT2D eigenvalue weighted by molar-refractivity contribution is 5.90. The third kappa shape index (κ3) is 3.59. The van der Waals surface area contributed by atoms with E-state index in [1.165, 1.54) is 0 Å². The van der Waals surface area contributed by atoms with E-state index in [0.29, 0.717) is 12.0 Å². The van der Waals surface area contributed by atoms with Gasteiger partial charge in [0.15, 0.2) is 0 Å². The zero-order chi connectivity index (χ0) is 20.4. The van der Waals surface area contributed by atoms with Crippen molar-refractivity contribution in [3.63, 3.8) is 0 Å². The molecule has 1 unspecified atom stereocenters. The zero-order valence-corrected chi connectivity index (χ0v) is 16.3. The Morgan fingerprint density at radius 1 is 0.897 bits per heavy atom. The smallest absolute Gasteiger partial charge is 0.276 e. The number of nitro groups is 1. The second kappa shape index (κ2) is 7.80. The number of nitro benzene ring substituents is 1. The number of hydrogen-bond acceptors (Lipinski definition) is 4. The van der Waals surface area contributed by atoms with E-state index in [9.17, 15) is 10.1 Å². The first kappa shape index (κ1) is 18.7. The van der Waals surface area contributed by atoms with E-state index in [0.717, 1.165) is 33.8 Å². The van der Waals surface area contributed by atoms with Gasteiger partial charge in [0.05, 0.1) is 24.7 Å². The number of rotatable bonds is 5. The maximum atomic E-state index is 11.6. The summed E-state index contributed by atoms with van der Waals surface area (Å²) < 4.78 is 10.6. The molecule has 0 aromatic heterocycles. The van der Waals surface area contributed by atoms with Crippen molar-refractivity contribution in [3.05, 3.63) is 99.1 Å². The third-order valence-corrected chi connectivity index (χ3v) is 5.41. The molecule has 5 heteroatoms. The molecule has 0 bridgehead atoms. The molecule has 1 atom stereocenters. The molecule has 1 aliphatic rings. The highest BCUT2D eigenvalue weighted by atomic mass is 16.6. The molecule has 0 N–H and O–H groups in total. The number of ether oxygens (including phenoxy) is 2. The fourth-order valence-corrected chi connectivity index (χ4v) is 3.89. The van der Waals surface area contributed by atoms with Crippen LogP contribution in [0.1, 0.15) is 28.2 Å². The number of benzene rings is 3. The minimum atomic E-state index is -0.311. The third-order valence-electron chi connectivity index (χ3n) is 5.41. The van der Waals surface area contributed by atoms with Crippen molar-refractivity contribution in [1.29, 1.82) is 0 Å². The molecule has 0 saturated carbocycles. The Morgan fingerprint density at radius 2 is 1.52 bits per heavy atom. The van der Waals surface area contributed by atoms with Crippen LogP contribution >= 0.6 is 0 Å². The SMILES string of the molecule is COc1ccc(C2=Cc3c(cccc3[N+](=O)[O-])CC2c2ccc(OC)cc2)cc1. The van der Waals surface area contributed by atoms with E-state index in [1.54, 1.807) is 26.4 Å². The van der Waals surface area contributed by atoms with Crippen LogP contribution in [0.5, 0.6) is 11.5 Å². The van der Waals surface area contributed by atoms with Crippen molar-refractivity contribution in [2.24, 2.45) is 0 Å². The lowest BCUT2D eigenvalue weighted by Crippen LogP contribution is -2.12. The molecule has 5 nitrogen and oxygen atoms in total. The number of fused-ring (bicyclic) bond motifs is 1. The van der Waals surface area contributed by atoms with E-state index in [1.807, 2.05) is 48.5 Å². The van der Waals surface area contributed by atoms with E-state index in [4.69, 9.17) is 9.47 Å². The fourth-order valence-electron chi connectivity index (χ4n) is 3.89. The largest absolute Gasteiger partial charge is 0.497 e. The lowest BCUT2D eigenvalue weighted by Gasteiger charge is -2.27. The summed E-state index contributed by atoms with van der Waals surface area (Å²) in [5.74, 6) is 1.66. The van der Waals surface area contributed by atoms with E-state index in [2.05, 4.69) is 12.1 Å².